The standard InChI is InChI=1S/C29H25Br2NO5/c1-3-4-5-14-36-23-12-6-17(15-24(23)35-2)26-25-27(33)21-16-19(31)9-13-22(21)37-28(25)29(34)32(26)20-10-7-18(30)8-11-20/h6-13,15-16,26H,3-5,14H2,1-2H3. The van der Waals surface area contributed by atoms with Gasteiger partial charge in [-0.2, -0.15) is 0 Å². The first-order valence-electron chi connectivity index (χ1n) is 12.1. The van der Waals surface area contributed by atoms with Crippen LogP contribution in [0.2, 0.25) is 0 Å². The van der Waals surface area contributed by atoms with Crippen LogP contribution in [0.5, 0.6) is 11.5 Å². The number of carbonyl (C=O) groups is 1. The quantitative estimate of drug-likeness (QED) is 0.188. The number of methoxy groups -OCH3 is 1. The second kappa shape index (κ2) is 10.7. The molecule has 2 heterocycles. The van der Waals surface area contributed by atoms with Crippen molar-refractivity contribution < 1.29 is 18.7 Å². The molecule has 0 spiro atoms. The number of carbonyl (C=O) groups excluding carboxylic acids is 1. The van der Waals surface area contributed by atoms with Gasteiger partial charge in [-0.15, -0.1) is 0 Å². The van der Waals surface area contributed by atoms with Crippen LogP contribution in [0.25, 0.3) is 11.0 Å². The summed E-state index contributed by atoms with van der Waals surface area (Å²) in [6.07, 6.45) is 3.14. The van der Waals surface area contributed by atoms with E-state index in [0.717, 1.165) is 33.8 Å². The molecule has 1 aliphatic rings. The van der Waals surface area contributed by atoms with Gasteiger partial charge in [-0.1, -0.05) is 57.7 Å². The van der Waals surface area contributed by atoms with Gasteiger partial charge in [-0.25, -0.2) is 0 Å². The SMILES string of the molecule is CCCCCOc1ccc(C2c3c(oc4ccc(Br)cc4c3=O)C(=O)N2c2ccc(Br)cc2)cc1OC. The molecule has 0 N–H and O–H groups in total. The maximum atomic E-state index is 13.8. The number of rotatable bonds is 8. The molecule has 1 atom stereocenters. The van der Waals surface area contributed by atoms with Gasteiger partial charge in [-0.05, 0) is 66.6 Å². The van der Waals surface area contributed by atoms with Crippen molar-refractivity contribution in [2.45, 2.75) is 32.2 Å². The number of hydrogen-bond donors (Lipinski definition) is 0. The minimum atomic E-state index is -0.702. The number of benzene rings is 3. The molecule has 8 heteroatoms. The molecule has 0 radical (unpaired) electrons. The van der Waals surface area contributed by atoms with Gasteiger partial charge in [0.2, 0.25) is 5.76 Å². The molecule has 1 aliphatic heterocycles. The van der Waals surface area contributed by atoms with Gasteiger partial charge in [0.1, 0.15) is 5.58 Å². The average Bonchev–Trinajstić information content (AvgIpc) is 3.20. The first-order chi connectivity index (χ1) is 17.9. The maximum Gasteiger partial charge on any atom is 0.295 e. The van der Waals surface area contributed by atoms with Crippen molar-refractivity contribution in [3.05, 3.63) is 96.7 Å². The van der Waals surface area contributed by atoms with Gasteiger partial charge in [0, 0.05) is 14.6 Å². The molecular weight excluding hydrogens is 602 g/mol. The fraction of sp³-hybridized carbons (Fsp3) is 0.241. The molecular formula is C29H25Br2NO5. The van der Waals surface area contributed by atoms with E-state index in [-0.39, 0.29) is 17.1 Å². The van der Waals surface area contributed by atoms with Crippen molar-refractivity contribution in [2.24, 2.45) is 0 Å². The van der Waals surface area contributed by atoms with E-state index in [1.165, 1.54) is 0 Å². The van der Waals surface area contributed by atoms with E-state index in [1.807, 2.05) is 42.5 Å². The zero-order valence-electron chi connectivity index (χ0n) is 20.4. The summed E-state index contributed by atoms with van der Waals surface area (Å²) in [6.45, 7) is 2.73. The normalized spacial score (nSPS) is 14.8. The maximum absolute atomic E-state index is 13.8. The summed E-state index contributed by atoms with van der Waals surface area (Å²) in [5.41, 5.74) is 1.79. The van der Waals surface area contributed by atoms with Crippen molar-refractivity contribution in [1.82, 2.24) is 0 Å². The highest BCUT2D eigenvalue weighted by molar-refractivity contribution is 9.10. The molecule has 0 fully saturated rings. The highest BCUT2D eigenvalue weighted by atomic mass is 79.9. The Labute approximate surface area is 231 Å². The Balaban J connectivity index is 1.67. The van der Waals surface area contributed by atoms with E-state index >= 15 is 0 Å². The lowest BCUT2D eigenvalue weighted by atomic mass is 9.97. The second-order valence-electron chi connectivity index (χ2n) is 8.83. The van der Waals surface area contributed by atoms with E-state index in [9.17, 15) is 9.59 Å². The van der Waals surface area contributed by atoms with Crippen molar-refractivity contribution in [2.75, 3.05) is 18.6 Å². The minimum absolute atomic E-state index is 0.0478. The molecule has 190 valence electrons. The van der Waals surface area contributed by atoms with E-state index in [1.54, 1.807) is 30.2 Å². The van der Waals surface area contributed by atoms with Gasteiger partial charge in [-0.3, -0.25) is 14.5 Å². The number of halogens is 2. The van der Waals surface area contributed by atoms with Crippen LogP contribution < -0.4 is 19.8 Å². The van der Waals surface area contributed by atoms with Crippen LogP contribution in [0.4, 0.5) is 5.69 Å². The highest BCUT2D eigenvalue weighted by Crippen LogP contribution is 2.43. The van der Waals surface area contributed by atoms with Crippen molar-refractivity contribution in [3.63, 3.8) is 0 Å². The number of anilines is 1. The molecule has 3 aromatic carbocycles. The second-order valence-corrected chi connectivity index (χ2v) is 10.7. The van der Waals surface area contributed by atoms with E-state index < -0.39 is 6.04 Å². The van der Waals surface area contributed by atoms with Crippen LogP contribution in [-0.2, 0) is 0 Å². The molecule has 1 amide bonds. The Morgan fingerprint density at radius 2 is 1.68 bits per heavy atom. The highest BCUT2D eigenvalue weighted by Gasteiger charge is 2.44. The summed E-state index contributed by atoms with van der Waals surface area (Å²) >= 11 is 6.89. The summed E-state index contributed by atoms with van der Waals surface area (Å²) < 4.78 is 19.3. The van der Waals surface area contributed by atoms with Crippen LogP contribution in [0.3, 0.4) is 0 Å². The number of ether oxygens (including phenoxy) is 2. The van der Waals surface area contributed by atoms with Gasteiger partial charge in [0.25, 0.3) is 5.91 Å². The summed E-state index contributed by atoms with van der Waals surface area (Å²) in [5.74, 6) is 0.838. The number of nitrogens with zero attached hydrogens (tertiary/aromatic N) is 1. The first-order valence-corrected chi connectivity index (χ1v) is 13.7. The van der Waals surface area contributed by atoms with E-state index in [4.69, 9.17) is 13.9 Å². The summed E-state index contributed by atoms with van der Waals surface area (Å²) in [7, 11) is 1.58. The van der Waals surface area contributed by atoms with Crippen LogP contribution >= 0.6 is 31.9 Å². The monoisotopic (exact) mass is 625 g/mol. The smallest absolute Gasteiger partial charge is 0.295 e. The third-order valence-corrected chi connectivity index (χ3v) is 7.47. The lowest BCUT2D eigenvalue weighted by Crippen LogP contribution is -2.29. The van der Waals surface area contributed by atoms with Crippen LogP contribution in [0.1, 0.15) is 53.9 Å². The molecule has 37 heavy (non-hydrogen) atoms. The number of amides is 1. The van der Waals surface area contributed by atoms with Crippen LogP contribution in [-0.4, -0.2) is 19.6 Å². The minimum Gasteiger partial charge on any atom is -0.493 e. The number of hydrogen-bond acceptors (Lipinski definition) is 5. The largest absolute Gasteiger partial charge is 0.493 e. The van der Waals surface area contributed by atoms with Gasteiger partial charge in [0.05, 0.1) is 30.7 Å². The predicted molar refractivity (Wildman–Crippen MR) is 151 cm³/mol. The van der Waals surface area contributed by atoms with Crippen molar-refractivity contribution in [1.29, 1.82) is 0 Å². The van der Waals surface area contributed by atoms with E-state index in [0.29, 0.717) is 40.3 Å². The predicted octanol–water partition coefficient (Wildman–Crippen LogP) is 7.65. The lowest BCUT2D eigenvalue weighted by molar-refractivity contribution is 0.0971. The van der Waals surface area contributed by atoms with Crippen LogP contribution in [0, 0.1) is 0 Å². The first kappa shape index (κ1) is 25.5. The zero-order chi connectivity index (χ0) is 26.1. The van der Waals surface area contributed by atoms with Crippen molar-refractivity contribution >= 4 is 54.4 Å². The molecule has 0 aliphatic carbocycles. The Bertz CT molecular complexity index is 1530. The molecule has 6 nitrogen and oxygen atoms in total. The Kier molecular flexibility index (Phi) is 7.40. The Morgan fingerprint density at radius 1 is 0.919 bits per heavy atom. The van der Waals surface area contributed by atoms with Gasteiger partial charge in [0.15, 0.2) is 16.9 Å². The number of fused-ring (bicyclic) bond motifs is 2. The molecule has 0 saturated heterocycles. The van der Waals surface area contributed by atoms with Crippen LogP contribution in [0.15, 0.2) is 78.8 Å². The fourth-order valence-corrected chi connectivity index (χ4v) is 5.26. The Hall–Kier alpha value is -3.10. The Morgan fingerprint density at radius 3 is 2.41 bits per heavy atom. The average molecular weight is 627 g/mol. The molecule has 5 rings (SSSR count). The molecule has 0 bridgehead atoms. The summed E-state index contributed by atoms with van der Waals surface area (Å²) in [5, 5.41) is 0.409. The van der Waals surface area contributed by atoms with E-state index in [2.05, 4.69) is 38.8 Å². The lowest BCUT2D eigenvalue weighted by Gasteiger charge is -2.26. The molecule has 0 saturated carbocycles. The van der Waals surface area contributed by atoms with Gasteiger partial charge < -0.3 is 13.9 Å². The van der Waals surface area contributed by atoms with Gasteiger partial charge >= 0.3 is 0 Å². The van der Waals surface area contributed by atoms with Crippen molar-refractivity contribution in [3.8, 4) is 11.5 Å². The summed E-state index contributed by atoms with van der Waals surface area (Å²) in [6, 6.07) is 17.4. The fourth-order valence-electron chi connectivity index (χ4n) is 4.64. The summed E-state index contributed by atoms with van der Waals surface area (Å²) in [4.78, 5) is 29.2. The third kappa shape index (κ3) is 4.80. The zero-order valence-corrected chi connectivity index (χ0v) is 23.6. The third-order valence-electron chi connectivity index (χ3n) is 6.45. The number of unbranched alkanes of at least 4 members (excludes halogenated alkanes) is 2. The topological polar surface area (TPSA) is 69.0 Å². The molecule has 4 aromatic rings. The molecule has 1 unspecified atom stereocenters. The molecule has 1 aromatic heterocycles.